The van der Waals surface area contributed by atoms with E-state index in [9.17, 15) is 24.6 Å². The van der Waals surface area contributed by atoms with Gasteiger partial charge in [-0.15, -0.1) is 0 Å². The minimum atomic E-state index is -1.64. The summed E-state index contributed by atoms with van der Waals surface area (Å²) in [7, 11) is 0. The predicted molar refractivity (Wildman–Crippen MR) is 69.2 cm³/mol. The predicted octanol–water partition coefficient (Wildman–Crippen LogP) is -1.12. The van der Waals surface area contributed by atoms with Crippen molar-refractivity contribution in [3.8, 4) is 0 Å². The second-order valence-electron chi connectivity index (χ2n) is 4.74. The standard InChI is InChI=1S/C13H20O9/c1-4-9(16)19-5-8-11(20-6(2)14)10(17)12(13(18)22-8)21-7(3)15/h8,10-13,17-18H,4-5H2,1-3H3/t8-,10+,11-,12-,13?/m1/s1. The van der Waals surface area contributed by atoms with Crippen LogP contribution in [0.2, 0.25) is 0 Å². The van der Waals surface area contributed by atoms with E-state index in [-0.39, 0.29) is 13.0 Å². The highest BCUT2D eigenvalue weighted by Crippen LogP contribution is 2.25. The first kappa shape index (κ1) is 18.3. The minimum Gasteiger partial charge on any atom is -0.463 e. The maximum Gasteiger partial charge on any atom is 0.305 e. The molecule has 22 heavy (non-hydrogen) atoms. The van der Waals surface area contributed by atoms with Gasteiger partial charge < -0.3 is 29.2 Å². The van der Waals surface area contributed by atoms with Gasteiger partial charge in [-0.25, -0.2) is 0 Å². The van der Waals surface area contributed by atoms with Gasteiger partial charge in [-0.05, 0) is 0 Å². The number of carbonyl (C=O) groups is 3. The Morgan fingerprint density at radius 2 is 1.59 bits per heavy atom. The van der Waals surface area contributed by atoms with Crippen molar-refractivity contribution >= 4 is 17.9 Å². The Bertz CT molecular complexity index is 422. The second kappa shape index (κ2) is 8.06. The van der Waals surface area contributed by atoms with Gasteiger partial charge in [0, 0.05) is 20.3 Å². The summed E-state index contributed by atoms with van der Waals surface area (Å²) >= 11 is 0. The second-order valence-corrected chi connectivity index (χ2v) is 4.74. The topological polar surface area (TPSA) is 129 Å². The molecule has 5 atom stereocenters. The normalized spacial score (nSPS) is 31.2. The summed E-state index contributed by atoms with van der Waals surface area (Å²) in [6.45, 7) is 3.47. The summed E-state index contributed by atoms with van der Waals surface area (Å²) in [5.74, 6) is -1.97. The number of aliphatic hydroxyl groups excluding tert-OH is 2. The molecular weight excluding hydrogens is 300 g/mol. The van der Waals surface area contributed by atoms with Crippen LogP contribution in [0, 0.1) is 0 Å². The molecule has 0 aromatic heterocycles. The van der Waals surface area contributed by atoms with Crippen molar-refractivity contribution in [2.24, 2.45) is 0 Å². The van der Waals surface area contributed by atoms with E-state index in [0.717, 1.165) is 13.8 Å². The number of ether oxygens (including phenoxy) is 4. The molecule has 0 bridgehead atoms. The Labute approximate surface area is 127 Å². The number of hydrogen-bond acceptors (Lipinski definition) is 9. The molecule has 1 aliphatic rings. The van der Waals surface area contributed by atoms with Gasteiger partial charge in [-0.1, -0.05) is 6.92 Å². The van der Waals surface area contributed by atoms with E-state index in [1.54, 1.807) is 6.92 Å². The van der Waals surface area contributed by atoms with Crippen molar-refractivity contribution in [2.75, 3.05) is 6.61 Å². The van der Waals surface area contributed by atoms with E-state index in [0.29, 0.717) is 0 Å². The molecular formula is C13H20O9. The average molecular weight is 320 g/mol. The van der Waals surface area contributed by atoms with E-state index in [2.05, 4.69) is 0 Å². The molecule has 0 aromatic carbocycles. The van der Waals surface area contributed by atoms with Crippen molar-refractivity contribution in [1.29, 1.82) is 0 Å². The fourth-order valence-corrected chi connectivity index (χ4v) is 1.98. The Kier molecular flexibility index (Phi) is 6.72. The summed E-state index contributed by atoms with van der Waals surface area (Å²) in [5, 5.41) is 19.9. The van der Waals surface area contributed by atoms with Gasteiger partial charge in [-0.2, -0.15) is 0 Å². The first-order valence-electron chi connectivity index (χ1n) is 6.77. The molecule has 9 nitrogen and oxygen atoms in total. The summed E-state index contributed by atoms with van der Waals surface area (Å²) in [4.78, 5) is 33.3. The molecule has 1 fully saturated rings. The molecule has 9 heteroatoms. The third-order valence-electron chi connectivity index (χ3n) is 2.94. The monoisotopic (exact) mass is 320 g/mol. The van der Waals surface area contributed by atoms with Crippen LogP contribution < -0.4 is 0 Å². The number of esters is 3. The van der Waals surface area contributed by atoms with Gasteiger partial charge in [0.2, 0.25) is 0 Å². The van der Waals surface area contributed by atoms with E-state index >= 15 is 0 Å². The zero-order valence-electron chi connectivity index (χ0n) is 12.6. The lowest BCUT2D eigenvalue weighted by atomic mass is 9.98. The van der Waals surface area contributed by atoms with Gasteiger partial charge in [0.05, 0.1) is 0 Å². The summed E-state index contributed by atoms with van der Waals surface area (Å²) in [6.07, 6.45) is -6.80. The molecule has 126 valence electrons. The molecule has 0 aliphatic carbocycles. The lowest BCUT2D eigenvalue weighted by molar-refractivity contribution is -0.293. The van der Waals surface area contributed by atoms with Crippen LogP contribution in [0.4, 0.5) is 0 Å². The van der Waals surface area contributed by atoms with Crippen molar-refractivity contribution in [2.45, 2.75) is 57.9 Å². The van der Waals surface area contributed by atoms with E-state index in [4.69, 9.17) is 18.9 Å². The summed E-state index contributed by atoms with van der Waals surface area (Å²) in [6, 6.07) is 0. The Morgan fingerprint density at radius 3 is 2.09 bits per heavy atom. The quantitative estimate of drug-likeness (QED) is 0.478. The van der Waals surface area contributed by atoms with Crippen molar-refractivity contribution in [3.63, 3.8) is 0 Å². The molecule has 2 N–H and O–H groups in total. The van der Waals surface area contributed by atoms with Gasteiger partial charge in [0.25, 0.3) is 0 Å². The lowest BCUT2D eigenvalue weighted by Gasteiger charge is -2.41. The van der Waals surface area contributed by atoms with Crippen molar-refractivity contribution in [3.05, 3.63) is 0 Å². The highest BCUT2D eigenvalue weighted by Gasteiger charge is 2.48. The van der Waals surface area contributed by atoms with Gasteiger partial charge in [-0.3, -0.25) is 14.4 Å². The molecule has 0 spiro atoms. The fraction of sp³-hybridized carbons (Fsp3) is 0.769. The summed E-state index contributed by atoms with van der Waals surface area (Å²) in [5.41, 5.74) is 0. The maximum atomic E-state index is 11.2. The highest BCUT2D eigenvalue weighted by atomic mass is 16.7. The van der Waals surface area contributed by atoms with Gasteiger partial charge in [0.1, 0.15) is 18.8 Å². The molecule has 0 radical (unpaired) electrons. The molecule has 1 unspecified atom stereocenters. The van der Waals surface area contributed by atoms with Gasteiger partial charge >= 0.3 is 17.9 Å². The zero-order chi connectivity index (χ0) is 16.9. The molecule has 0 saturated carbocycles. The molecule has 1 rings (SSSR count). The maximum absolute atomic E-state index is 11.2. The van der Waals surface area contributed by atoms with E-state index in [1.807, 2.05) is 0 Å². The Hall–Kier alpha value is -1.71. The van der Waals surface area contributed by atoms with Gasteiger partial charge in [0.15, 0.2) is 18.5 Å². The van der Waals surface area contributed by atoms with Crippen LogP contribution in [-0.2, 0) is 33.3 Å². The van der Waals surface area contributed by atoms with Crippen LogP contribution in [0.5, 0.6) is 0 Å². The minimum absolute atomic E-state index is 0.131. The largest absolute Gasteiger partial charge is 0.463 e. The lowest BCUT2D eigenvalue weighted by Crippen LogP contribution is -2.61. The molecule has 1 heterocycles. The molecule has 0 amide bonds. The highest BCUT2D eigenvalue weighted by molar-refractivity contribution is 5.69. The van der Waals surface area contributed by atoms with Crippen LogP contribution in [0.1, 0.15) is 27.2 Å². The average Bonchev–Trinajstić information content (AvgIpc) is 2.43. The van der Waals surface area contributed by atoms with E-state index < -0.39 is 48.6 Å². The first-order chi connectivity index (χ1) is 10.3. The van der Waals surface area contributed by atoms with Crippen molar-refractivity contribution < 1.29 is 43.5 Å². The smallest absolute Gasteiger partial charge is 0.305 e. The SMILES string of the molecule is CCC(=O)OC[C@H]1OC(O)[C@H](OC(C)=O)[C@@H](O)[C@@H]1OC(C)=O. The molecule has 0 aromatic rings. The van der Waals surface area contributed by atoms with Crippen LogP contribution in [0.15, 0.2) is 0 Å². The number of aliphatic hydroxyl groups is 2. The Morgan fingerprint density at radius 1 is 1.05 bits per heavy atom. The van der Waals surface area contributed by atoms with Crippen LogP contribution in [0.25, 0.3) is 0 Å². The summed E-state index contributed by atoms with van der Waals surface area (Å²) < 4.78 is 19.7. The van der Waals surface area contributed by atoms with Crippen LogP contribution in [0.3, 0.4) is 0 Å². The number of carbonyl (C=O) groups excluding carboxylic acids is 3. The number of hydrogen-bond donors (Lipinski definition) is 2. The first-order valence-corrected chi connectivity index (χ1v) is 6.77. The zero-order valence-corrected chi connectivity index (χ0v) is 12.6. The molecule has 1 saturated heterocycles. The third-order valence-corrected chi connectivity index (χ3v) is 2.94. The third kappa shape index (κ3) is 4.93. The fourth-order valence-electron chi connectivity index (χ4n) is 1.98. The molecule has 1 aliphatic heterocycles. The van der Waals surface area contributed by atoms with Crippen molar-refractivity contribution in [1.82, 2.24) is 0 Å². The van der Waals surface area contributed by atoms with Crippen LogP contribution in [-0.4, -0.2) is 65.4 Å². The Balaban J connectivity index is 2.84. The van der Waals surface area contributed by atoms with Crippen LogP contribution >= 0.6 is 0 Å². The van der Waals surface area contributed by atoms with E-state index in [1.165, 1.54) is 0 Å². The number of rotatable bonds is 5.